The van der Waals surface area contributed by atoms with Gasteiger partial charge in [-0.15, -0.1) is 0 Å². The summed E-state index contributed by atoms with van der Waals surface area (Å²) in [5.74, 6) is -0.110. The molecule has 2 saturated heterocycles. The van der Waals surface area contributed by atoms with E-state index in [1.54, 1.807) is 0 Å². The summed E-state index contributed by atoms with van der Waals surface area (Å²) in [5.41, 5.74) is -1.36. The molecule has 15 unspecified atom stereocenters. The number of hydrogen-bond donors (Lipinski definition) is 8. The fraction of sp³-hybridized carbons (Fsp3) is 0.905. The number of fused-ring (bicyclic) bond motifs is 5. The van der Waals surface area contributed by atoms with Crippen molar-refractivity contribution in [2.45, 2.75) is 192 Å². The Morgan fingerprint density at radius 2 is 1.34 bits per heavy atom. The second-order valence-electron chi connectivity index (χ2n) is 20.0. The number of ether oxygens (including phenoxy) is 4. The maximum atomic E-state index is 12.2. The summed E-state index contributed by atoms with van der Waals surface area (Å²) in [6, 6.07) is 0. The molecule has 0 aromatic rings. The Labute approximate surface area is 330 Å². The van der Waals surface area contributed by atoms with Gasteiger partial charge in [0, 0.05) is 0 Å². The first-order valence-electron chi connectivity index (χ1n) is 20.6. The highest BCUT2D eigenvalue weighted by Crippen LogP contribution is 2.76. The van der Waals surface area contributed by atoms with Gasteiger partial charge in [-0.2, -0.15) is 0 Å². The lowest BCUT2D eigenvalue weighted by atomic mass is 9.35. The topological polar surface area (TPSA) is 233 Å². The Balaban J connectivity index is 1.26. The number of aldehydes is 2. The van der Waals surface area contributed by atoms with Crippen molar-refractivity contribution in [1.29, 1.82) is 0 Å². The maximum Gasteiger partial charge on any atom is 0.187 e. The molecule has 6 rings (SSSR count). The molecule has 8 N–H and O–H groups in total. The molecule has 0 spiro atoms. The first-order chi connectivity index (χ1) is 26.0. The standard InChI is InChI=1S/C42H68O14/c1-20(2)10-9-13-42(8,52)21-11-14-41(7)28(21)22(45)16-27-39(5)17-23(46)35(38(3,4)26(39)12-15-40(27,41)6)56-37-34(32(50)30(48)25(19-44)54-37)55-36-33(51)31(49)29(47)24(18-43)53-36/h10,18-19,21-37,45-52H,9,11-17H2,1-8H3/t21?,22-,23-,24?,25?,26?,27?,28?,29?,30?,31?,32?,33?,34?,35?,36?,37?,39+,40-,41-,42-/m1/s1. The monoisotopic (exact) mass is 796 g/mol. The zero-order chi connectivity index (χ0) is 41.5. The quantitative estimate of drug-likeness (QED) is 0.0891. The molecule has 2 aliphatic heterocycles. The van der Waals surface area contributed by atoms with Crippen molar-refractivity contribution in [3.8, 4) is 0 Å². The van der Waals surface area contributed by atoms with Crippen molar-refractivity contribution in [1.82, 2.24) is 0 Å². The highest BCUT2D eigenvalue weighted by Gasteiger charge is 2.72. The van der Waals surface area contributed by atoms with E-state index in [-0.39, 0.29) is 40.8 Å². The van der Waals surface area contributed by atoms with Gasteiger partial charge in [0.1, 0.15) is 48.8 Å². The minimum absolute atomic E-state index is 0.0213. The average Bonchev–Trinajstić information content (AvgIpc) is 3.50. The Morgan fingerprint density at radius 3 is 1.95 bits per heavy atom. The highest BCUT2D eigenvalue weighted by molar-refractivity contribution is 5.58. The van der Waals surface area contributed by atoms with Gasteiger partial charge >= 0.3 is 0 Å². The molecule has 4 saturated carbocycles. The predicted molar refractivity (Wildman–Crippen MR) is 200 cm³/mol. The van der Waals surface area contributed by atoms with Crippen LogP contribution in [-0.4, -0.2) is 139 Å². The van der Waals surface area contributed by atoms with Crippen LogP contribution in [0.3, 0.4) is 0 Å². The van der Waals surface area contributed by atoms with Crippen LogP contribution in [0.5, 0.6) is 0 Å². The minimum Gasteiger partial charge on any atom is -0.393 e. The summed E-state index contributed by atoms with van der Waals surface area (Å²) in [7, 11) is 0. The molecule has 2 heterocycles. The molecule has 6 fully saturated rings. The van der Waals surface area contributed by atoms with Crippen molar-refractivity contribution in [2.24, 2.45) is 45.3 Å². The van der Waals surface area contributed by atoms with Gasteiger partial charge in [-0.1, -0.05) is 46.3 Å². The van der Waals surface area contributed by atoms with Gasteiger partial charge in [0.2, 0.25) is 0 Å². The van der Waals surface area contributed by atoms with Gasteiger partial charge in [-0.25, -0.2) is 0 Å². The van der Waals surface area contributed by atoms with Crippen LogP contribution < -0.4 is 0 Å². The van der Waals surface area contributed by atoms with Gasteiger partial charge < -0.3 is 69.4 Å². The van der Waals surface area contributed by atoms with Crippen molar-refractivity contribution in [3.63, 3.8) is 0 Å². The molecule has 0 aromatic heterocycles. The van der Waals surface area contributed by atoms with Crippen molar-refractivity contribution >= 4 is 12.6 Å². The third kappa shape index (κ3) is 6.98. The second-order valence-corrected chi connectivity index (χ2v) is 20.0. The number of allylic oxidation sites excluding steroid dienone is 2. The van der Waals surface area contributed by atoms with Crippen LogP contribution in [0.15, 0.2) is 11.6 Å². The Hall–Kier alpha value is -1.40. The fourth-order valence-electron chi connectivity index (χ4n) is 13.3. The van der Waals surface area contributed by atoms with Crippen LogP contribution in [-0.2, 0) is 28.5 Å². The summed E-state index contributed by atoms with van der Waals surface area (Å²) in [5, 5.41) is 89.4. The zero-order valence-electron chi connectivity index (χ0n) is 34.2. The van der Waals surface area contributed by atoms with Gasteiger partial charge in [-0.05, 0) is 117 Å². The largest absolute Gasteiger partial charge is 0.393 e. The number of hydrogen-bond acceptors (Lipinski definition) is 14. The van der Waals surface area contributed by atoms with Crippen LogP contribution in [0.2, 0.25) is 0 Å². The van der Waals surface area contributed by atoms with Gasteiger partial charge in [-0.3, -0.25) is 0 Å². The van der Waals surface area contributed by atoms with E-state index in [0.29, 0.717) is 25.5 Å². The first kappa shape index (κ1) is 44.2. The van der Waals surface area contributed by atoms with Gasteiger partial charge in [0.05, 0.1) is 23.9 Å². The van der Waals surface area contributed by atoms with E-state index < -0.39 is 96.2 Å². The molecule has 14 heteroatoms. The number of aliphatic hydroxyl groups excluding tert-OH is 7. The minimum atomic E-state index is -1.87. The van der Waals surface area contributed by atoms with Crippen LogP contribution in [0.1, 0.15) is 107 Å². The van der Waals surface area contributed by atoms with Crippen molar-refractivity contribution < 1.29 is 69.4 Å². The molecule has 21 atom stereocenters. The lowest BCUT2D eigenvalue weighted by molar-refractivity contribution is -0.374. The average molecular weight is 797 g/mol. The van der Waals surface area contributed by atoms with E-state index in [2.05, 4.69) is 40.7 Å². The normalized spacial score (nSPS) is 52.5. The maximum absolute atomic E-state index is 12.2. The van der Waals surface area contributed by atoms with E-state index in [0.717, 1.165) is 32.1 Å². The summed E-state index contributed by atoms with van der Waals surface area (Å²) < 4.78 is 23.7. The van der Waals surface area contributed by atoms with E-state index in [9.17, 15) is 50.4 Å². The van der Waals surface area contributed by atoms with Crippen LogP contribution in [0, 0.1) is 45.3 Å². The van der Waals surface area contributed by atoms with Crippen LogP contribution in [0.4, 0.5) is 0 Å². The molecule has 0 aromatic carbocycles. The third-order valence-corrected chi connectivity index (χ3v) is 16.3. The summed E-state index contributed by atoms with van der Waals surface area (Å²) in [6.07, 6.45) is -11.5. The second kappa shape index (κ2) is 15.6. The molecule has 14 nitrogen and oxygen atoms in total. The molecule has 6 aliphatic rings. The fourth-order valence-corrected chi connectivity index (χ4v) is 13.3. The molecular weight excluding hydrogens is 728 g/mol. The predicted octanol–water partition coefficient (Wildman–Crippen LogP) is 1.53. The molecule has 0 amide bonds. The number of carbonyl (C=O) groups excluding carboxylic acids is 2. The van der Waals surface area contributed by atoms with Gasteiger partial charge in [0.25, 0.3) is 0 Å². The molecule has 4 aliphatic carbocycles. The summed E-state index contributed by atoms with van der Waals surface area (Å²) in [6.45, 7) is 16.9. The molecule has 0 bridgehead atoms. The SMILES string of the molecule is CC(C)=CCC[C@@](C)(O)C1CC[C@]2(C)C1[C@H](O)CC1[C@@]3(C)C[C@@H](O)C(OC4OC(C=O)C(O)C(O)C4OC4OC(C=O)C(O)C(O)C4O)C(C)(C)C3CC[C@]12C. The van der Waals surface area contributed by atoms with Crippen molar-refractivity contribution in [3.05, 3.63) is 11.6 Å². The Morgan fingerprint density at radius 1 is 0.750 bits per heavy atom. The van der Waals surface area contributed by atoms with E-state index in [1.165, 1.54) is 5.57 Å². The summed E-state index contributed by atoms with van der Waals surface area (Å²) >= 11 is 0. The highest BCUT2D eigenvalue weighted by atomic mass is 16.8. The molecular formula is C42H68O14. The van der Waals surface area contributed by atoms with Crippen LogP contribution >= 0.6 is 0 Å². The Bertz CT molecular complexity index is 1470. The number of aliphatic hydroxyl groups is 8. The smallest absolute Gasteiger partial charge is 0.187 e. The molecule has 56 heavy (non-hydrogen) atoms. The zero-order valence-corrected chi connectivity index (χ0v) is 34.2. The molecule has 320 valence electrons. The van der Waals surface area contributed by atoms with Crippen LogP contribution in [0.25, 0.3) is 0 Å². The Kier molecular flexibility index (Phi) is 12.3. The van der Waals surface area contributed by atoms with E-state index in [1.807, 2.05) is 20.8 Å². The van der Waals surface area contributed by atoms with Crippen molar-refractivity contribution in [2.75, 3.05) is 0 Å². The number of carbonyl (C=O) groups is 2. The van der Waals surface area contributed by atoms with Gasteiger partial charge in [0.15, 0.2) is 25.2 Å². The van der Waals surface area contributed by atoms with E-state index >= 15 is 0 Å². The third-order valence-electron chi connectivity index (χ3n) is 16.3. The lowest BCUT2D eigenvalue weighted by Crippen LogP contribution is -2.70. The lowest BCUT2D eigenvalue weighted by Gasteiger charge is -2.71. The molecule has 0 radical (unpaired) electrons. The van der Waals surface area contributed by atoms with E-state index in [4.69, 9.17) is 18.9 Å². The summed E-state index contributed by atoms with van der Waals surface area (Å²) in [4.78, 5) is 23.6. The first-order valence-corrected chi connectivity index (χ1v) is 20.6. The number of rotatable bonds is 10.